The van der Waals surface area contributed by atoms with Crippen LogP contribution in [-0.4, -0.2) is 5.11 Å². The van der Waals surface area contributed by atoms with Gasteiger partial charge in [0.2, 0.25) is 0 Å². The number of rotatable bonds is 5. The lowest BCUT2D eigenvalue weighted by atomic mass is 10.0. The molecule has 0 aliphatic carbocycles. The molecule has 0 aliphatic heterocycles. The van der Waals surface area contributed by atoms with Gasteiger partial charge < -0.3 is 5.11 Å². The van der Waals surface area contributed by atoms with Gasteiger partial charge >= 0.3 is 0 Å². The van der Waals surface area contributed by atoms with Crippen LogP contribution in [0.5, 0.6) is 0 Å². The number of hydrogen-bond acceptors (Lipinski definition) is 1. The molecule has 94 valence electrons. The van der Waals surface area contributed by atoms with Gasteiger partial charge in [-0.25, -0.2) is 4.39 Å². The highest BCUT2D eigenvalue weighted by Gasteiger charge is 2.07. The maximum atomic E-state index is 13.4. The Balaban J connectivity index is 1.84. The molecule has 0 aliphatic rings. The van der Waals surface area contributed by atoms with Gasteiger partial charge in [0.1, 0.15) is 5.82 Å². The molecule has 0 spiro atoms. The standard InChI is InChI=1S/C16H17FO/c17-15-11-5-4-7-13(15)10-6-12-16(18)14-8-2-1-3-9-14/h1-5,7-9,11,16,18H,6,10,12H2. The van der Waals surface area contributed by atoms with E-state index in [4.69, 9.17) is 0 Å². The number of halogens is 1. The zero-order chi connectivity index (χ0) is 12.8. The quantitative estimate of drug-likeness (QED) is 0.846. The van der Waals surface area contributed by atoms with Crippen molar-refractivity contribution >= 4 is 0 Å². The maximum Gasteiger partial charge on any atom is 0.126 e. The summed E-state index contributed by atoms with van der Waals surface area (Å²) >= 11 is 0. The minimum Gasteiger partial charge on any atom is -0.388 e. The summed E-state index contributed by atoms with van der Waals surface area (Å²) in [6, 6.07) is 16.4. The number of hydrogen-bond donors (Lipinski definition) is 1. The van der Waals surface area contributed by atoms with E-state index in [9.17, 15) is 9.50 Å². The van der Waals surface area contributed by atoms with Crippen molar-refractivity contribution < 1.29 is 9.50 Å². The van der Waals surface area contributed by atoms with E-state index in [1.54, 1.807) is 12.1 Å². The largest absolute Gasteiger partial charge is 0.388 e. The first-order valence-corrected chi connectivity index (χ1v) is 6.24. The van der Waals surface area contributed by atoms with Crippen LogP contribution >= 0.6 is 0 Å². The highest BCUT2D eigenvalue weighted by molar-refractivity contribution is 5.18. The molecule has 2 aromatic rings. The number of benzene rings is 2. The maximum absolute atomic E-state index is 13.4. The van der Waals surface area contributed by atoms with Crippen molar-refractivity contribution in [3.05, 3.63) is 71.5 Å². The molecule has 1 nitrogen and oxygen atoms in total. The second kappa shape index (κ2) is 6.31. The van der Waals surface area contributed by atoms with Crippen LogP contribution in [0.15, 0.2) is 54.6 Å². The molecule has 2 heteroatoms. The summed E-state index contributed by atoms with van der Waals surface area (Å²) in [7, 11) is 0. The molecule has 1 unspecified atom stereocenters. The van der Waals surface area contributed by atoms with Gasteiger partial charge in [0.15, 0.2) is 0 Å². The van der Waals surface area contributed by atoms with Crippen molar-refractivity contribution in [1.82, 2.24) is 0 Å². The van der Waals surface area contributed by atoms with Gasteiger partial charge in [0.05, 0.1) is 6.10 Å². The molecule has 1 atom stereocenters. The zero-order valence-electron chi connectivity index (χ0n) is 10.2. The van der Waals surface area contributed by atoms with E-state index >= 15 is 0 Å². The smallest absolute Gasteiger partial charge is 0.126 e. The first-order valence-electron chi connectivity index (χ1n) is 6.24. The van der Waals surface area contributed by atoms with Gasteiger partial charge in [-0.2, -0.15) is 0 Å². The fourth-order valence-corrected chi connectivity index (χ4v) is 2.03. The lowest BCUT2D eigenvalue weighted by Crippen LogP contribution is -1.99. The molecule has 18 heavy (non-hydrogen) atoms. The van der Waals surface area contributed by atoms with Crippen LogP contribution < -0.4 is 0 Å². The summed E-state index contributed by atoms with van der Waals surface area (Å²) in [5.41, 5.74) is 1.64. The Bertz CT molecular complexity index is 481. The van der Waals surface area contributed by atoms with Gasteiger partial charge in [-0.3, -0.25) is 0 Å². The van der Waals surface area contributed by atoms with E-state index in [0.717, 1.165) is 17.5 Å². The summed E-state index contributed by atoms with van der Waals surface area (Å²) in [5, 5.41) is 9.97. The zero-order valence-corrected chi connectivity index (χ0v) is 10.2. The van der Waals surface area contributed by atoms with E-state index < -0.39 is 6.10 Å². The Hall–Kier alpha value is -1.67. The van der Waals surface area contributed by atoms with Gasteiger partial charge in [-0.1, -0.05) is 48.5 Å². The highest BCUT2D eigenvalue weighted by Crippen LogP contribution is 2.19. The summed E-state index contributed by atoms with van der Waals surface area (Å²) in [4.78, 5) is 0. The number of aliphatic hydroxyl groups excluding tert-OH is 1. The molecule has 0 radical (unpaired) electrons. The third-order valence-corrected chi connectivity index (χ3v) is 3.07. The van der Waals surface area contributed by atoms with E-state index in [-0.39, 0.29) is 5.82 Å². The van der Waals surface area contributed by atoms with Gasteiger partial charge in [-0.15, -0.1) is 0 Å². The van der Waals surface area contributed by atoms with Crippen LogP contribution in [-0.2, 0) is 6.42 Å². The van der Waals surface area contributed by atoms with E-state index in [0.29, 0.717) is 12.8 Å². The van der Waals surface area contributed by atoms with Crippen molar-refractivity contribution in [3.63, 3.8) is 0 Å². The third-order valence-electron chi connectivity index (χ3n) is 3.07. The Kier molecular flexibility index (Phi) is 4.48. The molecule has 2 rings (SSSR count). The van der Waals surface area contributed by atoms with Crippen molar-refractivity contribution in [2.24, 2.45) is 0 Å². The van der Waals surface area contributed by atoms with E-state index in [1.165, 1.54) is 6.07 Å². The van der Waals surface area contributed by atoms with Crippen molar-refractivity contribution in [2.75, 3.05) is 0 Å². The summed E-state index contributed by atoms with van der Waals surface area (Å²) < 4.78 is 13.4. The monoisotopic (exact) mass is 244 g/mol. The molecule has 1 N–H and O–H groups in total. The van der Waals surface area contributed by atoms with Crippen LogP contribution in [0, 0.1) is 5.82 Å². The summed E-state index contributed by atoms with van der Waals surface area (Å²) in [6.45, 7) is 0. The molecular weight excluding hydrogens is 227 g/mol. The second-order valence-corrected chi connectivity index (χ2v) is 4.41. The average molecular weight is 244 g/mol. The average Bonchev–Trinajstić information content (AvgIpc) is 2.42. The van der Waals surface area contributed by atoms with Gasteiger partial charge in [0, 0.05) is 0 Å². The van der Waals surface area contributed by atoms with Crippen LogP contribution in [0.25, 0.3) is 0 Å². The first kappa shape index (κ1) is 12.8. The molecule has 0 fully saturated rings. The lowest BCUT2D eigenvalue weighted by Gasteiger charge is -2.10. The predicted molar refractivity (Wildman–Crippen MR) is 70.7 cm³/mol. The van der Waals surface area contributed by atoms with Crippen molar-refractivity contribution in [1.29, 1.82) is 0 Å². The minimum atomic E-state index is -0.460. The first-order chi connectivity index (χ1) is 8.77. The van der Waals surface area contributed by atoms with E-state index in [2.05, 4.69) is 0 Å². The lowest BCUT2D eigenvalue weighted by molar-refractivity contribution is 0.164. The third kappa shape index (κ3) is 3.41. The van der Waals surface area contributed by atoms with Crippen LogP contribution in [0.3, 0.4) is 0 Å². The second-order valence-electron chi connectivity index (χ2n) is 4.41. The summed E-state index contributed by atoms with van der Waals surface area (Å²) in [6.07, 6.45) is 1.63. The number of aliphatic hydroxyl groups is 1. The topological polar surface area (TPSA) is 20.2 Å². The fourth-order valence-electron chi connectivity index (χ4n) is 2.03. The molecule has 0 aromatic heterocycles. The highest BCUT2D eigenvalue weighted by atomic mass is 19.1. The molecule has 0 saturated heterocycles. The Morgan fingerprint density at radius 1 is 0.944 bits per heavy atom. The molecule has 0 heterocycles. The molecule has 0 saturated carbocycles. The predicted octanol–water partition coefficient (Wildman–Crippen LogP) is 3.88. The molecule has 0 bridgehead atoms. The van der Waals surface area contributed by atoms with Crippen molar-refractivity contribution in [2.45, 2.75) is 25.4 Å². The molecular formula is C16H17FO. The normalized spacial score (nSPS) is 12.3. The minimum absolute atomic E-state index is 0.160. The van der Waals surface area contributed by atoms with E-state index in [1.807, 2.05) is 36.4 Å². The van der Waals surface area contributed by atoms with Crippen LogP contribution in [0.4, 0.5) is 4.39 Å². The molecule has 0 amide bonds. The van der Waals surface area contributed by atoms with Gasteiger partial charge in [-0.05, 0) is 36.5 Å². The Morgan fingerprint density at radius 2 is 1.61 bits per heavy atom. The molecule has 2 aromatic carbocycles. The van der Waals surface area contributed by atoms with Gasteiger partial charge in [0.25, 0.3) is 0 Å². The number of aryl methyl sites for hydroxylation is 1. The SMILES string of the molecule is OC(CCCc1ccccc1F)c1ccccc1. The van der Waals surface area contributed by atoms with Crippen LogP contribution in [0.2, 0.25) is 0 Å². The summed E-state index contributed by atoms with van der Waals surface area (Å²) in [5.74, 6) is -0.160. The van der Waals surface area contributed by atoms with Crippen LogP contribution in [0.1, 0.15) is 30.1 Å². The Labute approximate surface area is 107 Å². The fraction of sp³-hybridized carbons (Fsp3) is 0.250. The Morgan fingerprint density at radius 3 is 2.33 bits per heavy atom. The van der Waals surface area contributed by atoms with Crippen molar-refractivity contribution in [3.8, 4) is 0 Å².